The number of halogens is 1. The monoisotopic (exact) mass is 378 g/mol. The van der Waals surface area contributed by atoms with E-state index < -0.39 is 10.0 Å². The topological polar surface area (TPSA) is 97.4 Å². The first-order valence-electron chi connectivity index (χ1n) is 8.01. The zero-order valence-electron chi connectivity index (χ0n) is 14.2. The molecule has 9 heteroatoms. The van der Waals surface area contributed by atoms with Crippen LogP contribution in [-0.4, -0.2) is 49.4 Å². The molecule has 0 radical (unpaired) electrons. The zero-order chi connectivity index (χ0) is 17.0. The van der Waals surface area contributed by atoms with Gasteiger partial charge in [-0.3, -0.25) is 4.79 Å². The van der Waals surface area contributed by atoms with E-state index in [9.17, 15) is 13.2 Å². The summed E-state index contributed by atoms with van der Waals surface area (Å²) in [5, 5.41) is 2.79. The smallest absolute Gasteiger partial charge is 0.267 e. The second-order valence-corrected chi connectivity index (χ2v) is 8.13. The minimum absolute atomic E-state index is 0. The number of nitrogens with one attached hydrogen (secondary N) is 1. The molecule has 0 bridgehead atoms. The Morgan fingerprint density at radius 2 is 1.96 bits per heavy atom. The van der Waals surface area contributed by atoms with Gasteiger partial charge >= 0.3 is 0 Å². The van der Waals surface area contributed by atoms with Crippen LogP contribution >= 0.6 is 12.4 Å². The maximum Gasteiger partial charge on any atom is 0.267 e. The van der Waals surface area contributed by atoms with E-state index in [0.717, 1.165) is 19.3 Å². The molecular weight excluding hydrogens is 352 g/mol. The van der Waals surface area contributed by atoms with Gasteiger partial charge in [0.2, 0.25) is 10.0 Å². The maximum absolute atomic E-state index is 12.7. The minimum Gasteiger partial charge on any atom is -0.350 e. The number of hydrogen-bond acceptors (Lipinski definition) is 4. The summed E-state index contributed by atoms with van der Waals surface area (Å²) in [6.07, 6.45) is 4.34. The first kappa shape index (κ1) is 21.0. The highest BCUT2D eigenvalue weighted by Crippen LogP contribution is 2.22. The van der Waals surface area contributed by atoms with E-state index >= 15 is 0 Å². The van der Waals surface area contributed by atoms with Gasteiger partial charge in [-0.1, -0.05) is 13.3 Å². The van der Waals surface area contributed by atoms with Crippen LogP contribution in [0.15, 0.2) is 17.2 Å². The Balaban J connectivity index is 0.00000288. The molecule has 1 aliphatic rings. The lowest BCUT2D eigenvalue weighted by molar-refractivity contribution is 0.0940. The van der Waals surface area contributed by atoms with Crippen LogP contribution in [0.3, 0.4) is 0 Å². The Labute approximate surface area is 150 Å². The molecule has 0 aliphatic carbocycles. The number of rotatable bonds is 6. The molecule has 138 valence electrons. The van der Waals surface area contributed by atoms with Crippen LogP contribution in [0.4, 0.5) is 0 Å². The van der Waals surface area contributed by atoms with Crippen LogP contribution in [0, 0.1) is 5.92 Å². The van der Waals surface area contributed by atoms with Gasteiger partial charge in [-0.15, -0.1) is 12.4 Å². The highest BCUT2D eigenvalue weighted by Gasteiger charge is 2.28. The number of amides is 1. The largest absolute Gasteiger partial charge is 0.350 e. The molecule has 2 heterocycles. The Kier molecular flexibility index (Phi) is 7.72. The molecule has 1 atom stereocenters. The van der Waals surface area contributed by atoms with E-state index in [-0.39, 0.29) is 29.1 Å². The Hall–Kier alpha value is -1.09. The van der Waals surface area contributed by atoms with Crippen molar-refractivity contribution in [2.45, 2.75) is 31.1 Å². The molecule has 0 aromatic carbocycles. The first-order valence-corrected chi connectivity index (χ1v) is 9.45. The van der Waals surface area contributed by atoms with Gasteiger partial charge in [0.25, 0.3) is 5.91 Å². The Morgan fingerprint density at radius 3 is 2.54 bits per heavy atom. The standard InChI is InChI=1S/C15H26N4O3S.ClH/c1-12(9-16)10-17-15(20)14-8-13(11-18(14)2)23(21,22)19-6-4-3-5-7-19;/h8,11-12H,3-7,9-10,16H2,1-2H3,(H,17,20);1H. The second kappa shape index (κ2) is 8.84. The quantitative estimate of drug-likeness (QED) is 0.769. The van der Waals surface area contributed by atoms with Crippen LogP contribution in [0.25, 0.3) is 0 Å². The number of carbonyl (C=O) groups is 1. The molecule has 7 nitrogen and oxygen atoms in total. The fourth-order valence-corrected chi connectivity index (χ4v) is 4.19. The van der Waals surface area contributed by atoms with E-state index in [1.807, 2.05) is 6.92 Å². The molecule has 2 rings (SSSR count). The molecule has 24 heavy (non-hydrogen) atoms. The van der Waals surface area contributed by atoms with E-state index in [1.54, 1.807) is 11.6 Å². The second-order valence-electron chi connectivity index (χ2n) is 6.19. The van der Waals surface area contributed by atoms with E-state index in [4.69, 9.17) is 5.73 Å². The van der Waals surface area contributed by atoms with Crippen LogP contribution in [0.2, 0.25) is 0 Å². The molecule has 1 amide bonds. The van der Waals surface area contributed by atoms with Crippen molar-refractivity contribution in [2.24, 2.45) is 18.7 Å². The fraction of sp³-hybridized carbons (Fsp3) is 0.667. The van der Waals surface area contributed by atoms with Crippen molar-refractivity contribution in [3.63, 3.8) is 0 Å². The number of carbonyl (C=O) groups excluding carboxylic acids is 1. The van der Waals surface area contributed by atoms with Gasteiger partial charge in [0, 0.05) is 32.9 Å². The number of hydrogen-bond donors (Lipinski definition) is 2. The molecule has 0 saturated carbocycles. The molecule has 0 spiro atoms. The van der Waals surface area contributed by atoms with E-state index in [0.29, 0.717) is 31.9 Å². The van der Waals surface area contributed by atoms with Crippen molar-refractivity contribution in [3.05, 3.63) is 18.0 Å². The summed E-state index contributed by atoms with van der Waals surface area (Å²) in [6, 6.07) is 1.45. The number of nitrogens with zero attached hydrogens (tertiary/aromatic N) is 2. The average Bonchev–Trinajstić information content (AvgIpc) is 2.95. The maximum atomic E-state index is 12.7. The molecule has 1 unspecified atom stereocenters. The molecule has 1 aromatic rings. The third-order valence-corrected chi connectivity index (χ3v) is 6.04. The van der Waals surface area contributed by atoms with Crippen LogP contribution in [0.1, 0.15) is 36.7 Å². The van der Waals surface area contributed by atoms with E-state index in [2.05, 4.69) is 5.32 Å². The third kappa shape index (κ3) is 4.72. The number of piperidine rings is 1. The van der Waals surface area contributed by atoms with Crippen molar-refractivity contribution < 1.29 is 13.2 Å². The molecule has 1 aliphatic heterocycles. The summed E-state index contributed by atoms with van der Waals surface area (Å²) < 4.78 is 28.4. The molecule has 1 fully saturated rings. The lowest BCUT2D eigenvalue weighted by atomic mass is 10.2. The van der Waals surface area contributed by atoms with Gasteiger partial charge in [-0.25, -0.2) is 8.42 Å². The highest BCUT2D eigenvalue weighted by molar-refractivity contribution is 7.89. The van der Waals surface area contributed by atoms with Crippen molar-refractivity contribution in [1.29, 1.82) is 0 Å². The van der Waals surface area contributed by atoms with Crippen LogP contribution in [-0.2, 0) is 17.1 Å². The van der Waals surface area contributed by atoms with Crippen molar-refractivity contribution in [1.82, 2.24) is 14.2 Å². The van der Waals surface area contributed by atoms with Crippen molar-refractivity contribution in [3.8, 4) is 0 Å². The number of nitrogens with two attached hydrogens (primary N) is 1. The predicted molar refractivity (Wildman–Crippen MR) is 95.8 cm³/mol. The first-order chi connectivity index (χ1) is 10.9. The lowest BCUT2D eigenvalue weighted by Crippen LogP contribution is -2.35. The van der Waals surface area contributed by atoms with Gasteiger partial charge in [-0.05, 0) is 31.4 Å². The van der Waals surface area contributed by atoms with Gasteiger partial charge < -0.3 is 15.6 Å². The fourth-order valence-electron chi connectivity index (χ4n) is 2.60. The van der Waals surface area contributed by atoms with Gasteiger partial charge in [-0.2, -0.15) is 4.31 Å². The summed E-state index contributed by atoms with van der Waals surface area (Å²) in [7, 11) is -1.84. The number of aromatic nitrogens is 1. The summed E-state index contributed by atoms with van der Waals surface area (Å²) >= 11 is 0. The van der Waals surface area contributed by atoms with Crippen LogP contribution in [0.5, 0.6) is 0 Å². The van der Waals surface area contributed by atoms with Gasteiger partial charge in [0.1, 0.15) is 10.6 Å². The SMILES string of the molecule is CC(CN)CNC(=O)c1cc(S(=O)(=O)N2CCCCC2)cn1C.Cl. The van der Waals surface area contributed by atoms with Crippen molar-refractivity contribution >= 4 is 28.3 Å². The lowest BCUT2D eigenvalue weighted by Gasteiger charge is -2.25. The Morgan fingerprint density at radius 1 is 1.33 bits per heavy atom. The van der Waals surface area contributed by atoms with Gasteiger partial charge in [0.05, 0.1) is 0 Å². The normalized spacial score (nSPS) is 17.1. The predicted octanol–water partition coefficient (Wildman–Crippen LogP) is 0.946. The van der Waals surface area contributed by atoms with Crippen LogP contribution < -0.4 is 11.1 Å². The number of aryl methyl sites for hydroxylation is 1. The van der Waals surface area contributed by atoms with E-state index in [1.165, 1.54) is 16.6 Å². The summed E-state index contributed by atoms with van der Waals surface area (Å²) in [6.45, 7) is 3.99. The zero-order valence-corrected chi connectivity index (χ0v) is 15.8. The molecule has 1 saturated heterocycles. The Bertz CT molecular complexity index is 654. The third-order valence-electron chi connectivity index (χ3n) is 4.18. The number of sulfonamides is 1. The summed E-state index contributed by atoms with van der Waals surface area (Å²) in [4.78, 5) is 12.4. The summed E-state index contributed by atoms with van der Waals surface area (Å²) in [5.74, 6) is -0.108. The summed E-state index contributed by atoms with van der Waals surface area (Å²) in [5.41, 5.74) is 5.87. The highest BCUT2D eigenvalue weighted by atomic mass is 35.5. The van der Waals surface area contributed by atoms with Crippen molar-refractivity contribution in [2.75, 3.05) is 26.2 Å². The molecule has 1 aromatic heterocycles. The van der Waals surface area contributed by atoms with Gasteiger partial charge in [0.15, 0.2) is 0 Å². The average molecular weight is 379 g/mol. The molecule has 3 N–H and O–H groups in total. The minimum atomic E-state index is -3.52. The molecular formula is C15H27ClN4O3S.